The average Bonchev–Trinajstić information content (AvgIpc) is 2.63. The molecule has 154 valence electrons. The van der Waals surface area contributed by atoms with E-state index in [-0.39, 0.29) is 36.5 Å². The SMILES string of the molecule is COc1ccc(F)cc1CN1CCN(C(=O)CC2CSCCN2)CC1.Cl.Cl. The Bertz CT molecular complexity index is 598. The maximum Gasteiger partial charge on any atom is 0.224 e. The monoisotopic (exact) mass is 439 g/mol. The molecule has 0 saturated carbocycles. The van der Waals surface area contributed by atoms with Crippen LogP contribution in [0.5, 0.6) is 5.75 Å². The van der Waals surface area contributed by atoms with Gasteiger partial charge in [0, 0.05) is 68.8 Å². The summed E-state index contributed by atoms with van der Waals surface area (Å²) in [5.74, 6) is 2.85. The molecule has 2 aliphatic rings. The van der Waals surface area contributed by atoms with Crippen LogP contribution >= 0.6 is 36.6 Å². The number of carbonyl (C=O) groups is 1. The van der Waals surface area contributed by atoms with Gasteiger partial charge in [0.25, 0.3) is 0 Å². The Labute approximate surface area is 177 Å². The minimum Gasteiger partial charge on any atom is -0.496 e. The molecule has 2 heterocycles. The van der Waals surface area contributed by atoms with Crippen LogP contribution in [0.25, 0.3) is 0 Å². The van der Waals surface area contributed by atoms with Gasteiger partial charge < -0.3 is 15.0 Å². The highest BCUT2D eigenvalue weighted by Gasteiger charge is 2.25. The molecular weight excluding hydrogens is 412 g/mol. The van der Waals surface area contributed by atoms with Gasteiger partial charge in [-0.05, 0) is 18.2 Å². The summed E-state index contributed by atoms with van der Waals surface area (Å²) in [6, 6.07) is 4.92. The molecule has 1 unspecified atom stereocenters. The van der Waals surface area contributed by atoms with Crippen molar-refractivity contribution in [1.82, 2.24) is 15.1 Å². The van der Waals surface area contributed by atoms with E-state index in [9.17, 15) is 9.18 Å². The van der Waals surface area contributed by atoms with Crippen LogP contribution in [-0.4, -0.2) is 73.1 Å². The van der Waals surface area contributed by atoms with Crippen molar-refractivity contribution in [3.8, 4) is 5.75 Å². The number of halogens is 3. The highest BCUT2D eigenvalue weighted by Crippen LogP contribution is 2.22. The van der Waals surface area contributed by atoms with E-state index in [1.807, 2.05) is 16.7 Å². The summed E-state index contributed by atoms with van der Waals surface area (Å²) >= 11 is 1.91. The fourth-order valence-electron chi connectivity index (χ4n) is 3.36. The number of methoxy groups -OCH3 is 1. The predicted molar refractivity (Wildman–Crippen MR) is 113 cm³/mol. The second-order valence-corrected chi connectivity index (χ2v) is 7.69. The lowest BCUT2D eigenvalue weighted by atomic mass is 10.1. The highest BCUT2D eigenvalue weighted by molar-refractivity contribution is 7.99. The van der Waals surface area contributed by atoms with Gasteiger partial charge in [-0.2, -0.15) is 11.8 Å². The van der Waals surface area contributed by atoms with Crippen LogP contribution in [0.3, 0.4) is 0 Å². The summed E-state index contributed by atoms with van der Waals surface area (Å²) in [6.07, 6.45) is 0.588. The zero-order chi connectivity index (χ0) is 17.6. The van der Waals surface area contributed by atoms with Gasteiger partial charge >= 0.3 is 0 Å². The summed E-state index contributed by atoms with van der Waals surface area (Å²) in [4.78, 5) is 16.7. The standard InChI is InChI=1S/C18H26FN3O2S.2ClH/c1-24-17-3-2-15(19)10-14(17)12-21-5-7-22(8-6-21)18(23)11-16-13-25-9-4-20-16;;/h2-3,10,16,20H,4-9,11-13H2,1H3;2*1H. The van der Waals surface area contributed by atoms with E-state index in [4.69, 9.17) is 4.74 Å². The second-order valence-electron chi connectivity index (χ2n) is 6.54. The Hall–Kier alpha value is -0.730. The van der Waals surface area contributed by atoms with Gasteiger partial charge in [0.15, 0.2) is 0 Å². The average molecular weight is 440 g/mol. The number of ether oxygens (including phenoxy) is 1. The molecule has 0 radical (unpaired) electrons. The Kier molecular flexibility index (Phi) is 10.8. The fraction of sp³-hybridized carbons (Fsp3) is 0.611. The summed E-state index contributed by atoms with van der Waals surface area (Å²) in [5, 5.41) is 3.42. The Morgan fingerprint density at radius 3 is 2.67 bits per heavy atom. The van der Waals surface area contributed by atoms with Crippen molar-refractivity contribution in [2.24, 2.45) is 0 Å². The highest BCUT2D eigenvalue weighted by atomic mass is 35.5. The number of nitrogens with one attached hydrogen (secondary N) is 1. The topological polar surface area (TPSA) is 44.8 Å². The number of rotatable bonds is 5. The third-order valence-corrected chi connectivity index (χ3v) is 5.91. The summed E-state index contributed by atoms with van der Waals surface area (Å²) < 4.78 is 18.8. The first-order chi connectivity index (χ1) is 12.2. The second kappa shape index (κ2) is 12.0. The first kappa shape index (κ1) is 24.3. The Morgan fingerprint density at radius 1 is 1.30 bits per heavy atom. The van der Waals surface area contributed by atoms with Gasteiger partial charge in [-0.1, -0.05) is 0 Å². The minimum absolute atomic E-state index is 0. The molecule has 2 saturated heterocycles. The van der Waals surface area contributed by atoms with Crippen LogP contribution in [0.15, 0.2) is 18.2 Å². The maximum atomic E-state index is 13.5. The summed E-state index contributed by atoms with van der Waals surface area (Å²) in [6.45, 7) is 4.71. The number of piperazine rings is 1. The van der Waals surface area contributed by atoms with E-state index in [0.29, 0.717) is 24.8 Å². The molecule has 0 aromatic heterocycles. The van der Waals surface area contributed by atoms with Crippen molar-refractivity contribution < 1.29 is 13.9 Å². The Balaban J connectivity index is 0.00000182. The van der Waals surface area contributed by atoms with E-state index in [0.717, 1.165) is 49.8 Å². The van der Waals surface area contributed by atoms with Crippen molar-refractivity contribution >= 4 is 42.5 Å². The van der Waals surface area contributed by atoms with Crippen molar-refractivity contribution in [2.75, 3.05) is 51.3 Å². The predicted octanol–water partition coefficient (Wildman–Crippen LogP) is 2.42. The van der Waals surface area contributed by atoms with Crippen LogP contribution in [0.1, 0.15) is 12.0 Å². The fourth-order valence-corrected chi connectivity index (χ4v) is 4.31. The molecule has 0 aliphatic carbocycles. The van der Waals surface area contributed by atoms with Gasteiger partial charge in [-0.15, -0.1) is 24.8 Å². The molecule has 1 N–H and O–H groups in total. The lowest BCUT2D eigenvalue weighted by Gasteiger charge is -2.36. The van der Waals surface area contributed by atoms with Gasteiger partial charge in [0.05, 0.1) is 7.11 Å². The molecule has 9 heteroatoms. The molecular formula is C18H28Cl2FN3O2S. The van der Waals surface area contributed by atoms with Gasteiger partial charge in [-0.25, -0.2) is 4.39 Å². The zero-order valence-corrected chi connectivity index (χ0v) is 17.9. The van der Waals surface area contributed by atoms with Crippen LogP contribution in [0.2, 0.25) is 0 Å². The summed E-state index contributed by atoms with van der Waals surface area (Å²) in [7, 11) is 1.60. The normalized spacial score (nSPS) is 20.4. The van der Waals surface area contributed by atoms with Crippen molar-refractivity contribution in [3.05, 3.63) is 29.6 Å². The van der Waals surface area contributed by atoms with Gasteiger partial charge in [0.1, 0.15) is 11.6 Å². The quantitative estimate of drug-likeness (QED) is 0.762. The number of benzene rings is 1. The largest absolute Gasteiger partial charge is 0.496 e. The lowest BCUT2D eigenvalue weighted by Crippen LogP contribution is -2.50. The molecule has 5 nitrogen and oxygen atoms in total. The molecule has 2 aliphatic heterocycles. The number of hydrogen-bond acceptors (Lipinski definition) is 5. The number of carbonyl (C=O) groups excluding carboxylic acids is 1. The molecule has 1 aromatic rings. The number of amides is 1. The lowest BCUT2D eigenvalue weighted by molar-refractivity contribution is -0.133. The molecule has 0 bridgehead atoms. The molecule has 0 spiro atoms. The van der Waals surface area contributed by atoms with E-state index in [2.05, 4.69) is 10.2 Å². The van der Waals surface area contributed by atoms with Gasteiger partial charge in [0.2, 0.25) is 5.91 Å². The van der Waals surface area contributed by atoms with Crippen LogP contribution < -0.4 is 10.1 Å². The maximum absolute atomic E-state index is 13.5. The molecule has 1 amide bonds. The minimum atomic E-state index is -0.248. The summed E-state index contributed by atoms with van der Waals surface area (Å²) in [5.41, 5.74) is 0.853. The van der Waals surface area contributed by atoms with Crippen molar-refractivity contribution in [1.29, 1.82) is 0 Å². The van der Waals surface area contributed by atoms with E-state index < -0.39 is 0 Å². The smallest absolute Gasteiger partial charge is 0.224 e. The van der Waals surface area contributed by atoms with E-state index in [1.165, 1.54) is 12.1 Å². The Morgan fingerprint density at radius 2 is 2.04 bits per heavy atom. The van der Waals surface area contributed by atoms with Crippen LogP contribution in [0, 0.1) is 5.82 Å². The van der Waals surface area contributed by atoms with E-state index in [1.54, 1.807) is 13.2 Å². The number of thioether (sulfide) groups is 1. The van der Waals surface area contributed by atoms with E-state index >= 15 is 0 Å². The van der Waals surface area contributed by atoms with Crippen molar-refractivity contribution in [3.63, 3.8) is 0 Å². The third kappa shape index (κ3) is 6.98. The number of hydrogen-bond donors (Lipinski definition) is 1. The molecule has 2 fully saturated rings. The molecule has 1 atom stereocenters. The van der Waals surface area contributed by atoms with Gasteiger partial charge in [-0.3, -0.25) is 9.69 Å². The molecule has 3 rings (SSSR count). The zero-order valence-electron chi connectivity index (χ0n) is 15.5. The number of nitrogens with zero attached hydrogens (tertiary/aromatic N) is 2. The van der Waals surface area contributed by atoms with Crippen molar-refractivity contribution in [2.45, 2.75) is 19.0 Å². The first-order valence-electron chi connectivity index (χ1n) is 8.79. The van der Waals surface area contributed by atoms with Crippen LogP contribution in [0.4, 0.5) is 4.39 Å². The molecule has 27 heavy (non-hydrogen) atoms. The molecule has 1 aromatic carbocycles. The third-order valence-electron chi connectivity index (χ3n) is 4.78. The van der Waals surface area contributed by atoms with Crippen LogP contribution in [-0.2, 0) is 11.3 Å². The first-order valence-corrected chi connectivity index (χ1v) is 9.95.